The lowest BCUT2D eigenvalue weighted by atomic mass is 9.95. The number of benzene rings is 1. The van der Waals surface area contributed by atoms with Crippen LogP contribution in [0, 0.1) is 0 Å². The highest BCUT2D eigenvalue weighted by molar-refractivity contribution is 6.04. The summed E-state index contributed by atoms with van der Waals surface area (Å²) in [5, 5.41) is 2.99. The average Bonchev–Trinajstić information content (AvgIpc) is 3.31. The van der Waals surface area contributed by atoms with Gasteiger partial charge in [0.25, 0.3) is 5.91 Å². The smallest absolute Gasteiger partial charge is 0.251 e. The van der Waals surface area contributed by atoms with Crippen molar-refractivity contribution < 1.29 is 9.59 Å². The summed E-state index contributed by atoms with van der Waals surface area (Å²) in [6, 6.07) is 9.25. The monoisotopic (exact) mass is 387 g/mol. The van der Waals surface area contributed by atoms with Gasteiger partial charge in [0.15, 0.2) is 0 Å². The van der Waals surface area contributed by atoms with E-state index in [2.05, 4.69) is 21.9 Å². The lowest BCUT2D eigenvalue weighted by molar-refractivity contribution is -0.114. The van der Waals surface area contributed by atoms with Crippen molar-refractivity contribution in [1.29, 1.82) is 0 Å². The third-order valence-corrected chi connectivity index (χ3v) is 4.99. The number of pyridine rings is 1. The van der Waals surface area contributed by atoms with Crippen LogP contribution in [-0.2, 0) is 17.8 Å². The van der Waals surface area contributed by atoms with Crippen molar-refractivity contribution in [3.63, 3.8) is 0 Å². The third kappa shape index (κ3) is 3.67. The zero-order valence-electron chi connectivity index (χ0n) is 15.9. The summed E-state index contributed by atoms with van der Waals surface area (Å²) in [6.07, 6.45) is 9.75. The molecule has 2 aromatic heterocycles. The molecule has 0 saturated carbocycles. The number of rotatable bonds is 5. The Labute approximate surface area is 168 Å². The lowest BCUT2D eigenvalue weighted by Gasteiger charge is -2.29. The zero-order valence-corrected chi connectivity index (χ0v) is 15.9. The first-order valence-electron chi connectivity index (χ1n) is 9.45. The standard InChI is InChI=1S/C22H21N5O2/c1-2-20(28)27-12-5-8-17-18(7-3-9-19(17)27)22(29)25-14-16-6-4-10-24-21(16)26-13-11-23-15-26/h2-4,6-7,9-11,13,15H,1,5,8,12,14H2,(H,25,29). The first kappa shape index (κ1) is 18.6. The Morgan fingerprint density at radius 1 is 1.21 bits per heavy atom. The molecule has 7 heteroatoms. The molecule has 0 unspecified atom stereocenters. The maximum atomic E-state index is 13.0. The van der Waals surface area contributed by atoms with Crippen LogP contribution >= 0.6 is 0 Å². The second kappa shape index (κ2) is 8.10. The minimum Gasteiger partial charge on any atom is -0.348 e. The number of fused-ring (bicyclic) bond motifs is 1. The number of nitrogens with zero attached hydrogens (tertiary/aromatic N) is 4. The van der Waals surface area contributed by atoms with Gasteiger partial charge in [-0.05, 0) is 42.7 Å². The Balaban J connectivity index is 1.57. The third-order valence-electron chi connectivity index (χ3n) is 4.99. The number of hydrogen-bond donors (Lipinski definition) is 1. The number of carbonyl (C=O) groups is 2. The molecule has 1 aromatic carbocycles. The molecule has 0 atom stereocenters. The summed E-state index contributed by atoms with van der Waals surface area (Å²) >= 11 is 0. The van der Waals surface area contributed by atoms with E-state index < -0.39 is 0 Å². The fraction of sp³-hybridized carbons (Fsp3) is 0.182. The molecule has 2 amide bonds. The minimum atomic E-state index is -0.171. The van der Waals surface area contributed by atoms with Gasteiger partial charge in [-0.3, -0.25) is 14.2 Å². The second-order valence-corrected chi connectivity index (χ2v) is 6.74. The molecule has 7 nitrogen and oxygen atoms in total. The molecule has 1 aliphatic rings. The number of nitrogens with one attached hydrogen (secondary N) is 1. The number of aromatic nitrogens is 3. The van der Waals surface area contributed by atoms with Crippen molar-refractivity contribution in [3.8, 4) is 5.82 Å². The molecule has 1 aliphatic heterocycles. The summed E-state index contributed by atoms with van der Waals surface area (Å²) in [5.41, 5.74) is 3.16. The highest BCUT2D eigenvalue weighted by atomic mass is 16.2. The van der Waals surface area contributed by atoms with Crippen LogP contribution in [0.4, 0.5) is 5.69 Å². The van der Waals surface area contributed by atoms with Crippen molar-refractivity contribution in [2.75, 3.05) is 11.4 Å². The van der Waals surface area contributed by atoms with Crippen LogP contribution in [0.15, 0.2) is 67.9 Å². The van der Waals surface area contributed by atoms with E-state index in [1.54, 1.807) is 29.7 Å². The molecular weight excluding hydrogens is 366 g/mol. The van der Waals surface area contributed by atoms with Gasteiger partial charge in [0.1, 0.15) is 12.1 Å². The highest BCUT2D eigenvalue weighted by Gasteiger charge is 2.24. The Morgan fingerprint density at radius 2 is 2.10 bits per heavy atom. The van der Waals surface area contributed by atoms with E-state index in [1.165, 1.54) is 6.08 Å². The summed E-state index contributed by atoms with van der Waals surface area (Å²) in [4.78, 5) is 35.3. The molecule has 4 rings (SSSR count). The summed E-state index contributed by atoms with van der Waals surface area (Å²) in [7, 11) is 0. The van der Waals surface area contributed by atoms with Crippen LogP contribution < -0.4 is 10.2 Å². The van der Waals surface area contributed by atoms with E-state index >= 15 is 0 Å². The normalized spacial score (nSPS) is 12.9. The predicted molar refractivity (Wildman–Crippen MR) is 110 cm³/mol. The lowest BCUT2D eigenvalue weighted by Crippen LogP contribution is -2.35. The number of imidazole rings is 1. The quantitative estimate of drug-likeness (QED) is 0.683. The number of hydrogen-bond acceptors (Lipinski definition) is 4. The van der Waals surface area contributed by atoms with Crippen LogP contribution in [-0.4, -0.2) is 32.9 Å². The van der Waals surface area contributed by atoms with E-state index in [9.17, 15) is 9.59 Å². The Morgan fingerprint density at radius 3 is 2.90 bits per heavy atom. The number of carbonyl (C=O) groups excluding carboxylic acids is 2. The Kier molecular flexibility index (Phi) is 5.20. The van der Waals surface area contributed by atoms with Crippen LogP contribution in [0.3, 0.4) is 0 Å². The Hall–Kier alpha value is -3.74. The SMILES string of the molecule is C=CC(=O)N1CCCc2c(C(=O)NCc3cccnc3-n3ccnc3)cccc21. The van der Waals surface area contributed by atoms with Gasteiger partial charge in [-0.25, -0.2) is 9.97 Å². The fourth-order valence-corrected chi connectivity index (χ4v) is 3.63. The summed E-state index contributed by atoms with van der Waals surface area (Å²) < 4.78 is 1.81. The molecule has 0 bridgehead atoms. The van der Waals surface area contributed by atoms with Crippen molar-refractivity contribution in [2.45, 2.75) is 19.4 Å². The molecule has 146 valence electrons. The van der Waals surface area contributed by atoms with Crippen LogP contribution in [0.2, 0.25) is 0 Å². The number of anilines is 1. The van der Waals surface area contributed by atoms with Gasteiger partial charge < -0.3 is 10.2 Å². The van der Waals surface area contributed by atoms with Gasteiger partial charge in [0, 0.05) is 48.5 Å². The van der Waals surface area contributed by atoms with Crippen LogP contribution in [0.5, 0.6) is 0 Å². The largest absolute Gasteiger partial charge is 0.348 e. The highest BCUT2D eigenvalue weighted by Crippen LogP contribution is 2.30. The van der Waals surface area contributed by atoms with Crippen molar-refractivity contribution in [1.82, 2.24) is 19.9 Å². The van der Waals surface area contributed by atoms with Gasteiger partial charge in [0.05, 0.1) is 0 Å². The molecule has 3 aromatic rings. The number of amides is 2. The van der Waals surface area contributed by atoms with Crippen molar-refractivity contribution in [3.05, 3.63) is 84.6 Å². The van der Waals surface area contributed by atoms with Gasteiger partial charge in [-0.1, -0.05) is 18.7 Å². The van der Waals surface area contributed by atoms with E-state index in [-0.39, 0.29) is 11.8 Å². The summed E-state index contributed by atoms with van der Waals surface area (Å²) in [6.45, 7) is 4.54. The van der Waals surface area contributed by atoms with Gasteiger partial charge in [-0.2, -0.15) is 0 Å². The van der Waals surface area contributed by atoms with Crippen molar-refractivity contribution in [2.24, 2.45) is 0 Å². The van der Waals surface area contributed by atoms with Crippen LogP contribution in [0.25, 0.3) is 5.82 Å². The topological polar surface area (TPSA) is 80.1 Å². The van der Waals surface area contributed by atoms with Gasteiger partial charge in [0.2, 0.25) is 5.91 Å². The zero-order chi connectivity index (χ0) is 20.2. The first-order chi connectivity index (χ1) is 14.2. The minimum absolute atomic E-state index is 0.149. The molecule has 3 heterocycles. The van der Waals surface area contributed by atoms with Crippen molar-refractivity contribution >= 4 is 17.5 Å². The van der Waals surface area contributed by atoms with E-state index in [0.717, 1.165) is 35.5 Å². The molecule has 0 spiro atoms. The maximum absolute atomic E-state index is 13.0. The van der Waals surface area contributed by atoms with Gasteiger partial charge in [-0.15, -0.1) is 0 Å². The van der Waals surface area contributed by atoms with Gasteiger partial charge >= 0.3 is 0 Å². The Bertz CT molecular complexity index is 1060. The molecule has 1 N–H and O–H groups in total. The molecule has 0 radical (unpaired) electrons. The molecule has 0 fully saturated rings. The van der Waals surface area contributed by atoms with E-state index in [4.69, 9.17) is 0 Å². The van der Waals surface area contributed by atoms with Crippen LogP contribution in [0.1, 0.15) is 27.9 Å². The predicted octanol–water partition coefficient (Wildman–Crippen LogP) is 2.66. The molecule has 0 aliphatic carbocycles. The first-order valence-corrected chi connectivity index (χ1v) is 9.45. The maximum Gasteiger partial charge on any atom is 0.251 e. The van der Waals surface area contributed by atoms with E-state index in [0.29, 0.717) is 18.7 Å². The summed E-state index contributed by atoms with van der Waals surface area (Å²) in [5.74, 6) is 0.405. The average molecular weight is 387 g/mol. The molecular formula is C22H21N5O2. The second-order valence-electron chi connectivity index (χ2n) is 6.74. The molecule has 0 saturated heterocycles. The molecule has 29 heavy (non-hydrogen) atoms. The van der Waals surface area contributed by atoms with E-state index in [1.807, 2.05) is 35.0 Å². The fourth-order valence-electron chi connectivity index (χ4n) is 3.63.